The van der Waals surface area contributed by atoms with Gasteiger partial charge in [-0.25, -0.2) is 8.78 Å². The molecule has 1 aliphatic rings. The summed E-state index contributed by atoms with van der Waals surface area (Å²) in [5.41, 5.74) is -0.432. The molecule has 0 aliphatic carbocycles. The monoisotopic (exact) mass is 430 g/mol. The molecule has 1 aliphatic heterocycles. The Morgan fingerprint density at radius 1 is 1.03 bits per heavy atom. The van der Waals surface area contributed by atoms with E-state index >= 15 is 0 Å². The fourth-order valence-electron chi connectivity index (χ4n) is 4.08. The Bertz CT molecular complexity index is 1290. The summed E-state index contributed by atoms with van der Waals surface area (Å²) in [5, 5.41) is 9.30. The first-order valence-electron chi connectivity index (χ1n) is 9.36. The first-order chi connectivity index (χ1) is 14.3. The Labute approximate surface area is 175 Å². The molecule has 6 nitrogen and oxygen atoms in total. The quantitative estimate of drug-likeness (QED) is 0.585. The van der Waals surface area contributed by atoms with Gasteiger partial charge in [0.25, 0.3) is 0 Å². The van der Waals surface area contributed by atoms with E-state index in [2.05, 4.69) is 0 Å². The third kappa shape index (κ3) is 3.25. The molecule has 30 heavy (non-hydrogen) atoms. The lowest BCUT2D eigenvalue weighted by molar-refractivity contribution is 0.389. The predicted molar refractivity (Wildman–Crippen MR) is 110 cm³/mol. The van der Waals surface area contributed by atoms with E-state index in [1.165, 1.54) is 16.2 Å². The van der Waals surface area contributed by atoms with Gasteiger partial charge in [0.2, 0.25) is 0 Å². The van der Waals surface area contributed by atoms with Crippen molar-refractivity contribution in [3.63, 3.8) is 0 Å². The highest BCUT2D eigenvalue weighted by Gasteiger charge is 2.27. The third-order valence-corrected chi connectivity index (χ3v) is 5.79. The van der Waals surface area contributed by atoms with Crippen molar-refractivity contribution in [2.45, 2.75) is 18.9 Å². The van der Waals surface area contributed by atoms with Crippen molar-refractivity contribution < 1.29 is 8.78 Å². The molecule has 0 atom stereocenters. The molecule has 0 N–H and O–H groups in total. The molecule has 0 amide bonds. The number of fused-ring (bicyclic) bond motifs is 1. The molecule has 1 aromatic heterocycles. The Balaban J connectivity index is 1.69. The van der Waals surface area contributed by atoms with Crippen molar-refractivity contribution in [2.24, 2.45) is 7.05 Å². The summed E-state index contributed by atoms with van der Waals surface area (Å²) in [7, 11) is 1.52. The number of benzene rings is 2. The van der Waals surface area contributed by atoms with Crippen LogP contribution in [0.2, 0.25) is 5.02 Å². The molecule has 1 fully saturated rings. The lowest BCUT2D eigenvalue weighted by Crippen LogP contribution is -2.45. The number of piperidine rings is 1. The van der Waals surface area contributed by atoms with Crippen LogP contribution >= 0.6 is 11.6 Å². The van der Waals surface area contributed by atoms with E-state index in [-0.39, 0.29) is 17.3 Å². The normalized spacial score (nSPS) is 14.8. The lowest BCUT2D eigenvalue weighted by atomic mass is 10.0. The van der Waals surface area contributed by atoms with Gasteiger partial charge in [0, 0.05) is 31.2 Å². The molecule has 2 heterocycles. The van der Waals surface area contributed by atoms with Crippen LogP contribution in [0.15, 0.2) is 39.9 Å². The standard InChI is InChI=1S/C21H17ClF2N4O2/c1-26-18-10-13(22)2-3-17(18)28(21(30)20(26)29)14-4-6-27(7-5-14)19-15(23)8-12(11-25)9-16(19)24/h2-3,8-10,14H,4-7H2,1H3. The predicted octanol–water partition coefficient (Wildman–Crippen LogP) is 3.34. The van der Waals surface area contributed by atoms with Gasteiger partial charge in [0.1, 0.15) is 5.69 Å². The first-order valence-corrected chi connectivity index (χ1v) is 9.74. The summed E-state index contributed by atoms with van der Waals surface area (Å²) in [4.78, 5) is 26.8. The van der Waals surface area contributed by atoms with Gasteiger partial charge in [0.15, 0.2) is 11.6 Å². The lowest BCUT2D eigenvalue weighted by Gasteiger charge is -2.35. The van der Waals surface area contributed by atoms with Crippen LogP contribution in [0.3, 0.4) is 0 Å². The molecule has 3 aromatic rings. The maximum Gasteiger partial charge on any atom is 0.317 e. The summed E-state index contributed by atoms with van der Waals surface area (Å²) in [6, 6.07) is 8.43. The van der Waals surface area contributed by atoms with E-state index in [0.717, 1.165) is 12.1 Å². The average molecular weight is 431 g/mol. The van der Waals surface area contributed by atoms with Crippen LogP contribution in [0.25, 0.3) is 11.0 Å². The minimum absolute atomic E-state index is 0.0829. The van der Waals surface area contributed by atoms with E-state index in [1.54, 1.807) is 29.2 Å². The molecule has 0 radical (unpaired) electrons. The molecule has 2 aromatic carbocycles. The second-order valence-electron chi connectivity index (χ2n) is 7.29. The second-order valence-corrected chi connectivity index (χ2v) is 7.73. The molecule has 0 saturated carbocycles. The Kier molecular flexibility index (Phi) is 5.08. The van der Waals surface area contributed by atoms with Crippen LogP contribution in [0, 0.1) is 23.0 Å². The topological polar surface area (TPSA) is 71.0 Å². The molecule has 1 saturated heterocycles. The van der Waals surface area contributed by atoms with Gasteiger partial charge in [-0.1, -0.05) is 11.6 Å². The summed E-state index contributed by atoms with van der Waals surface area (Å²) < 4.78 is 31.5. The van der Waals surface area contributed by atoms with Gasteiger partial charge < -0.3 is 9.47 Å². The van der Waals surface area contributed by atoms with Crippen molar-refractivity contribution in [1.82, 2.24) is 9.13 Å². The van der Waals surface area contributed by atoms with Crippen molar-refractivity contribution in [2.75, 3.05) is 18.0 Å². The van der Waals surface area contributed by atoms with Crippen LogP contribution in [-0.2, 0) is 7.05 Å². The third-order valence-electron chi connectivity index (χ3n) is 5.56. The van der Waals surface area contributed by atoms with Gasteiger partial charge >= 0.3 is 11.1 Å². The van der Waals surface area contributed by atoms with Crippen molar-refractivity contribution >= 4 is 28.3 Å². The van der Waals surface area contributed by atoms with Crippen molar-refractivity contribution in [3.8, 4) is 6.07 Å². The molecular formula is C21H17ClF2N4O2. The molecule has 0 bridgehead atoms. The number of nitrogens with zero attached hydrogens (tertiary/aromatic N) is 4. The summed E-state index contributed by atoms with van der Waals surface area (Å²) in [5.74, 6) is -1.59. The van der Waals surface area contributed by atoms with Gasteiger partial charge in [-0.2, -0.15) is 5.26 Å². The zero-order valence-electron chi connectivity index (χ0n) is 16.0. The van der Waals surface area contributed by atoms with Crippen LogP contribution in [0.4, 0.5) is 14.5 Å². The van der Waals surface area contributed by atoms with Crippen molar-refractivity contribution in [3.05, 3.63) is 73.3 Å². The molecule has 0 unspecified atom stereocenters. The average Bonchev–Trinajstić information content (AvgIpc) is 2.73. The molecule has 0 spiro atoms. The van der Waals surface area contributed by atoms with Crippen LogP contribution < -0.4 is 16.0 Å². The SMILES string of the molecule is Cn1c(=O)c(=O)n(C2CCN(c3c(F)cc(C#N)cc3F)CC2)c2ccc(Cl)cc21. The maximum atomic E-state index is 14.4. The number of halogens is 3. The number of anilines is 1. The highest BCUT2D eigenvalue weighted by molar-refractivity contribution is 6.31. The number of nitriles is 1. The highest BCUT2D eigenvalue weighted by Crippen LogP contribution is 2.31. The second kappa shape index (κ2) is 7.58. The smallest absolute Gasteiger partial charge is 0.317 e. The minimum Gasteiger partial charge on any atom is -0.367 e. The van der Waals surface area contributed by atoms with Crippen LogP contribution in [-0.4, -0.2) is 22.2 Å². The largest absolute Gasteiger partial charge is 0.367 e. The van der Waals surface area contributed by atoms with E-state index in [4.69, 9.17) is 16.9 Å². The molecule has 4 rings (SSSR count). The van der Waals surface area contributed by atoms with Gasteiger partial charge in [-0.15, -0.1) is 0 Å². The number of hydrogen-bond acceptors (Lipinski definition) is 4. The van der Waals surface area contributed by atoms with Crippen LogP contribution in [0.1, 0.15) is 24.4 Å². The Morgan fingerprint density at radius 2 is 1.67 bits per heavy atom. The highest BCUT2D eigenvalue weighted by atomic mass is 35.5. The van der Waals surface area contributed by atoms with E-state index in [0.29, 0.717) is 42.0 Å². The molecule has 154 valence electrons. The Hall–Kier alpha value is -3.18. The van der Waals surface area contributed by atoms with Gasteiger partial charge in [0.05, 0.1) is 22.7 Å². The van der Waals surface area contributed by atoms with E-state index in [9.17, 15) is 18.4 Å². The maximum absolute atomic E-state index is 14.4. The summed E-state index contributed by atoms with van der Waals surface area (Å²) in [6.07, 6.45) is 0.841. The number of aromatic nitrogens is 2. The van der Waals surface area contributed by atoms with Crippen molar-refractivity contribution in [1.29, 1.82) is 5.26 Å². The fourth-order valence-corrected chi connectivity index (χ4v) is 4.24. The zero-order chi connectivity index (χ0) is 21.6. The summed E-state index contributed by atoms with van der Waals surface area (Å²) in [6.45, 7) is 0.586. The number of rotatable bonds is 2. The number of aryl methyl sites for hydroxylation is 1. The number of hydrogen-bond donors (Lipinski definition) is 0. The van der Waals surface area contributed by atoms with E-state index in [1.807, 2.05) is 0 Å². The molecule has 9 heteroatoms. The van der Waals surface area contributed by atoms with Crippen LogP contribution in [0.5, 0.6) is 0 Å². The van der Waals surface area contributed by atoms with Gasteiger partial charge in [-0.3, -0.25) is 14.2 Å². The zero-order valence-corrected chi connectivity index (χ0v) is 16.8. The minimum atomic E-state index is -0.796. The first kappa shape index (κ1) is 20.1. The summed E-state index contributed by atoms with van der Waals surface area (Å²) >= 11 is 6.06. The van der Waals surface area contributed by atoms with E-state index < -0.39 is 22.8 Å². The van der Waals surface area contributed by atoms with Gasteiger partial charge in [-0.05, 0) is 43.2 Å². The molecular weight excluding hydrogens is 414 g/mol. The fraction of sp³-hybridized carbons (Fsp3) is 0.286. The Morgan fingerprint density at radius 3 is 2.27 bits per heavy atom.